The molecule has 0 radical (unpaired) electrons. The molecule has 0 aromatic heterocycles. The molecule has 0 saturated carbocycles. The number of carbonyl (C=O) groups excluding carboxylic acids is 3. The molecule has 1 rings (SSSR count). The smallest absolute Gasteiger partial charge is 0.335 e. The monoisotopic (exact) mass is 1110 g/mol. The van der Waals surface area contributed by atoms with Crippen LogP contribution in [0.1, 0.15) is 252 Å². The molecule has 0 aromatic rings. The summed E-state index contributed by atoms with van der Waals surface area (Å²) < 4.78 is 28.4. The van der Waals surface area contributed by atoms with Crippen LogP contribution in [-0.4, -0.2) is 89.2 Å². The van der Waals surface area contributed by atoms with E-state index in [-0.39, 0.29) is 25.9 Å². The van der Waals surface area contributed by atoms with E-state index >= 15 is 0 Å². The van der Waals surface area contributed by atoms with Gasteiger partial charge in [0.05, 0.1) is 6.61 Å². The van der Waals surface area contributed by atoms with Crippen molar-refractivity contribution in [1.82, 2.24) is 0 Å². The van der Waals surface area contributed by atoms with Gasteiger partial charge >= 0.3 is 23.9 Å². The van der Waals surface area contributed by atoms with Gasteiger partial charge in [0.1, 0.15) is 18.8 Å². The number of hydrogen-bond acceptors (Lipinski definition) is 11. The fourth-order valence-electron chi connectivity index (χ4n) is 8.83. The molecule has 0 aliphatic carbocycles. The molecular weight excluding hydrogens is 997 g/mol. The van der Waals surface area contributed by atoms with Crippen LogP contribution in [0.4, 0.5) is 0 Å². The van der Waals surface area contributed by atoms with E-state index in [1.165, 1.54) is 51.4 Å². The molecule has 0 bridgehead atoms. The van der Waals surface area contributed by atoms with Crippen LogP contribution in [0.3, 0.4) is 0 Å². The summed E-state index contributed by atoms with van der Waals surface area (Å²) in [6, 6.07) is 0. The maximum absolute atomic E-state index is 13.2. The SMILES string of the molecule is CC/C=C\C/C=C\C/C=C\C/C=C\CCCCCCC(=O)OC1C(OCC(COC(=O)CCCCCCCC/C=C\C/C=C\C/C=C\CCCCC)OC(=O)CCCCCCC/C=C\CCCCCC)OC(C(=O)O)C(O)C1O. The second-order valence-corrected chi connectivity index (χ2v) is 20.9. The Balaban J connectivity index is 2.69. The third-order valence-corrected chi connectivity index (χ3v) is 13.6. The van der Waals surface area contributed by atoms with Gasteiger partial charge in [-0.15, -0.1) is 0 Å². The summed E-state index contributed by atoms with van der Waals surface area (Å²) in [7, 11) is 0. The van der Waals surface area contributed by atoms with Crippen molar-refractivity contribution in [1.29, 1.82) is 0 Å². The Morgan fingerprint density at radius 1 is 0.430 bits per heavy atom. The Morgan fingerprint density at radius 2 is 0.797 bits per heavy atom. The third kappa shape index (κ3) is 44.0. The van der Waals surface area contributed by atoms with Gasteiger partial charge in [0.2, 0.25) is 0 Å². The van der Waals surface area contributed by atoms with Gasteiger partial charge in [0.15, 0.2) is 24.6 Å². The van der Waals surface area contributed by atoms with E-state index in [9.17, 15) is 34.5 Å². The van der Waals surface area contributed by atoms with Crippen molar-refractivity contribution >= 4 is 23.9 Å². The molecule has 12 heteroatoms. The lowest BCUT2D eigenvalue weighted by atomic mass is 9.98. The molecule has 0 spiro atoms. The van der Waals surface area contributed by atoms with Crippen LogP contribution in [0.2, 0.25) is 0 Å². The van der Waals surface area contributed by atoms with Crippen LogP contribution in [0.5, 0.6) is 0 Å². The van der Waals surface area contributed by atoms with E-state index in [1.54, 1.807) is 0 Å². The zero-order valence-electron chi connectivity index (χ0n) is 49.6. The minimum atomic E-state index is -1.92. The minimum Gasteiger partial charge on any atom is -0.479 e. The van der Waals surface area contributed by atoms with Crippen molar-refractivity contribution in [2.45, 2.75) is 289 Å². The largest absolute Gasteiger partial charge is 0.479 e. The van der Waals surface area contributed by atoms with E-state index < -0.39 is 67.3 Å². The molecular formula is C67H110O12. The molecule has 1 heterocycles. The van der Waals surface area contributed by atoms with Crippen molar-refractivity contribution in [3.8, 4) is 0 Å². The summed E-state index contributed by atoms with van der Waals surface area (Å²) in [5.41, 5.74) is 0. The lowest BCUT2D eigenvalue weighted by Gasteiger charge is -2.40. The Kier molecular flexibility index (Phi) is 49.9. The van der Waals surface area contributed by atoms with Gasteiger partial charge in [0, 0.05) is 19.3 Å². The minimum absolute atomic E-state index is 0.0264. The Morgan fingerprint density at radius 3 is 1.25 bits per heavy atom. The highest BCUT2D eigenvalue weighted by Gasteiger charge is 2.50. The fraction of sp³-hybridized carbons (Fsp3) is 0.701. The zero-order chi connectivity index (χ0) is 57.5. The van der Waals surface area contributed by atoms with Gasteiger partial charge in [-0.3, -0.25) is 14.4 Å². The van der Waals surface area contributed by atoms with Crippen LogP contribution in [0.25, 0.3) is 0 Å². The third-order valence-electron chi connectivity index (χ3n) is 13.6. The number of carbonyl (C=O) groups is 4. The number of esters is 3. The maximum Gasteiger partial charge on any atom is 0.335 e. The number of unbranched alkanes of at least 4 members (excludes halogenated alkanes) is 22. The number of ether oxygens (including phenoxy) is 5. The lowest BCUT2D eigenvalue weighted by molar-refractivity contribution is -0.301. The van der Waals surface area contributed by atoms with Crippen molar-refractivity contribution in [3.05, 3.63) is 97.2 Å². The highest BCUT2D eigenvalue weighted by molar-refractivity contribution is 5.74. The topological polar surface area (TPSA) is 175 Å². The first-order chi connectivity index (χ1) is 38.6. The maximum atomic E-state index is 13.2. The number of rotatable bonds is 52. The van der Waals surface area contributed by atoms with Gasteiger partial charge in [-0.2, -0.15) is 0 Å². The Hall–Kier alpha value is -4.36. The van der Waals surface area contributed by atoms with E-state index in [1.807, 2.05) is 0 Å². The number of aliphatic hydroxyl groups excluding tert-OH is 2. The lowest BCUT2D eigenvalue weighted by Crippen LogP contribution is -2.61. The van der Waals surface area contributed by atoms with Gasteiger partial charge in [-0.25, -0.2) is 4.79 Å². The molecule has 79 heavy (non-hydrogen) atoms. The predicted molar refractivity (Wildman–Crippen MR) is 321 cm³/mol. The predicted octanol–water partition coefficient (Wildman–Crippen LogP) is 16.5. The van der Waals surface area contributed by atoms with Crippen molar-refractivity contribution in [2.75, 3.05) is 13.2 Å². The van der Waals surface area contributed by atoms with Crippen LogP contribution in [-0.2, 0) is 42.9 Å². The second kappa shape index (κ2) is 54.2. The highest BCUT2D eigenvalue weighted by Crippen LogP contribution is 2.26. The molecule has 6 unspecified atom stereocenters. The van der Waals surface area contributed by atoms with Crippen LogP contribution in [0.15, 0.2) is 97.2 Å². The van der Waals surface area contributed by atoms with Crippen LogP contribution >= 0.6 is 0 Å². The first kappa shape index (κ1) is 72.7. The van der Waals surface area contributed by atoms with Crippen molar-refractivity contribution in [3.63, 3.8) is 0 Å². The summed E-state index contributed by atoms with van der Waals surface area (Å²) in [6.45, 7) is 5.81. The molecule has 1 saturated heterocycles. The molecule has 1 fully saturated rings. The van der Waals surface area contributed by atoms with Crippen molar-refractivity contribution in [2.24, 2.45) is 0 Å². The molecule has 450 valence electrons. The normalized spacial score (nSPS) is 18.5. The molecule has 0 amide bonds. The summed E-state index contributed by atoms with van der Waals surface area (Å²) in [6.07, 6.45) is 59.3. The van der Waals surface area contributed by atoms with Crippen LogP contribution < -0.4 is 0 Å². The Bertz CT molecular complexity index is 1740. The van der Waals surface area contributed by atoms with Crippen LogP contribution in [0, 0.1) is 0 Å². The molecule has 1 aliphatic rings. The van der Waals surface area contributed by atoms with Gasteiger partial charge in [-0.1, -0.05) is 208 Å². The Labute approximate surface area is 479 Å². The summed E-state index contributed by atoms with van der Waals surface area (Å²) >= 11 is 0. The summed E-state index contributed by atoms with van der Waals surface area (Å²) in [5.74, 6) is -3.18. The summed E-state index contributed by atoms with van der Waals surface area (Å²) in [4.78, 5) is 51.2. The first-order valence-corrected chi connectivity index (χ1v) is 31.2. The number of aliphatic carboxylic acids is 1. The first-order valence-electron chi connectivity index (χ1n) is 31.2. The number of hydrogen-bond donors (Lipinski definition) is 3. The summed E-state index contributed by atoms with van der Waals surface area (Å²) in [5, 5.41) is 31.5. The number of allylic oxidation sites excluding steroid dienone is 16. The highest BCUT2D eigenvalue weighted by atomic mass is 16.7. The fourth-order valence-corrected chi connectivity index (χ4v) is 8.83. The molecule has 3 N–H and O–H groups in total. The second-order valence-electron chi connectivity index (χ2n) is 20.9. The van der Waals surface area contributed by atoms with Gasteiger partial charge in [-0.05, 0) is 122 Å². The van der Waals surface area contributed by atoms with Crippen molar-refractivity contribution < 1.29 is 58.2 Å². The molecule has 12 nitrogen and oxygen atoms in total. The van der Waals surface area contributed by atoms with E-state index in [0.717, 1.165) is 141 Å². The van der Waals surface area contributed by atoms with Gasteiger partial charge in [0.25, 0.3) is 0 Å². The van der Waals surface area contributed by atoms with Gasteiger partial charge < -0.3 is 39.0 Å². The number of carboxylic acids is 1. The average molecular weight is 1110 g/mol. The van der Waals surface area contributed by atoms with E-state index in [4.69, 9.17) is 23.7 Å². The van der Waals surface area contributed by atoms with E-state index in [0.29, 0.717) is 19.3 Å². The standard InChI is InChI=1S/C67H110O12/c1-4-7-10-13-16-19-22-25-27-29-30-32-33-36-38-41-44-47-50-53-59(68)75-56-58(77-60(69)54-51-48-45-42-39-35-24-21-18-15-12-9-6-3)57-76-67-65(63(72)62(71)64(79-67)66(73)74)78-61(70)55-52-49-46-43-40-37-34-31-28-26-23-20-17-14-11-8-5-2/h8,11,16-17,19-21,24-28,30,32,34,37,58,62-65,67,71-72H,4-7,9-10,12-15,18,22-23,29,31,33,35-36,38-57H2,1-3H3,(H,73,74)/b11-8-,19-16-,20-17-,24-21-,27-25-,28-26-,32-30-,37-34-. The quantitative estimate of drug-likeness (QED) is 0.0228. The number of aliphatic hydroxyl groups is 2. The average Bonchev–Trinajstić information content (AvgIpc) is 3.46. The number of carboxylic acid groups (broad SMARTS) is 1. The molecule has 1 aliphatic heterocycles. The zero-order valence-corrected chi connectivity index (χ0v) is 49.6. The van der Waals surface area contributed by atoms with E-state index in [2.05, 4.69) is 118 Å². The molecule has 0 aromatic carbocycles. The molecule has 6 atom stereocenters.